The summed E-state index contributed by atoms with van der Waals surface area (Å²) in [6.07, 6.45) is -2.22. The van der Waals surface area contributed by atoms with E-state index in [1.807, 2.05) is 19.1 Å². The Morgan fingerprint density at radius 3 is 2.47 bits per heavy atom. The zero-order valence-corrected chi connectivity index (χ0v) is 11.2. The second-order valence-corrected chi connectivity index (χ2v) is 6.39. The van der Waals surface area contributed by atoms with Gasteiger partial charge in [0.25, 0.3) is 0 Å². The Hall–Kier alpha value is -1.07. The molecule has 1 nitrogen and oxygen atoms in total. The molecule has 102 valence electrons. The molecule has 3 rings (SSSR count). The van der Waals surface area contributed by atoms with Gasteiger partial charge in [-0.15, -0.1) is 11.3 Å². The topological polar surface area (TPSA) is 26.0 Å². The lowest BCUT2D eigenvalue weighted by atomic mass is 9.89. The predicted octanol–water partition coefficient (Wildman–Crippen LogP) is 4.30. The first kappa shape index (κ1) is 12.9. The van der Waals surface area contributed by atoms with Crippen molar-refractivity contribution in [2.24, 2.45) is 5.73 Å². The average molecular weight is 285 g/mol. The van der Waals surface area contributed by atoms with Crippen LogP contribution in [0, 0.1) is 0 Å². The van der Waals surface area contributed by atoms with Gasteiger partial charge in [0.1, 0.15) is 4.88 Å². The molecule has 1 aromatic carbocycles. The molecule has 0 amide bonds. The normalized spacial score (nSPS) is 19.6. The van der Waals surface area contributed by atoms with E-state index >= 15 is 0 Å². The molecule has 0 bridgehead atoms. The summed E-state index contributed by atoms with van der Waals surface area (Å²) in [5.41, 5.74) is 7.06. The third kappa shape index (κ3) is 2.05. The highest BCUT2D eigenvalue weighted by atomic mass is 32.1. The Morgan fingerprint density at radius 1 is 1.26 bits per heavy atom. The minimum atomic E-state index is -4.26. The van der Waals surface area contributed by atoms with E-state index in [1.54, 1.807) is 6.07 Å². The standard InChI is InChI=1S/C14H14F3NS/c1-8(18)13(4-5-13)10-2-3-11-9(6-10)7-12(19-11)14(15,16)17/h2-3,6-8H,4-5,18H2,1H3. The number of hydrogen-bond donors (Lipinski definition) is 1. The van der Waals surface area contributed by atoms with E-state index in [0.717, 1.165) is 29.7 Å². The molecule has 2 N–H and O–H groups in total. The molecule has 2 aromatic rings. The van der Waals surface area contributed by atoms with Crippen molar-refractivity contribution in [3.63, 3.8) is 0 Å². The van der Waals surface area contributed by atoms with Crippen molar-refractivity contribution in [1.29, 1.82) is 0 Å². The fourth-order valence-corrected chi connectivity index (χ4v) is 3.54. The van der Waals surface area contributed by atoms with Crippen LogP contribution in [0.25, 0.3) is 10.1 Å². The number of benzene rings is 1. The molecule has 0 saturated heterocycles. The fourth-order valence-electron chi connectivity index (χ4n) is 2.63. The molecule has 1 atom stereocenters. The van der Waals surface area contributed by atoms with Crippen molar-refractivity contribution in [2.45, 2.75) is 37.4 Å². The number of thiophene rings is 1. The summed E-state index contributed by atoms with van der Waals surface area (Å²) < 4.78 is 38.8. The van der Waals surface area contributed by atoms with Crippen molar-refractivity contribution in [3.8, 4) is 0 Å². The van der Waals surface area contributed by atoms with E-state index < -0.39 is 11.1 Å². The molecule has 1 aliphatic carbocycles. The van der Waals surface area contributed by atoms with Gasteiger partial charge in [0, 0.05) is 16.2 Å². The average Bonchev–Trinajstić information content (AvgIpc) is 3.01. The Kier molecular flexibility index (Phi) is 2.70. The van der Waals surface area contributed by atoms with Gasteiger partial charge >= 0.3 is 6.18 Å². The maximum Gasteiger partial charge on any atom is 0.425 e. The van der Waals surface area contributed by atoms with E-state index in [4.69, 9.17) is 5.73 Å². The quantitative estimate of drug-likeness (QED) is 0.874. The minimum absolute atomic E-state index is 0.0193. The summed E-state index contributed by atoms with van der Waals surface area (Å²) in [5, 5.41) is 0.668. The zero-order valence-electron chi connectivity index (χ0n) is 10.4. The van der Waals surface area contributed by atoms with Crippen LogP contribution < -0.4 is 5.73 Å². The van der Waals surface area contributed by atoms with E-state index in [9.17, 15) is 13.2 Å². The van der Waals surface area contributed by atoms with Crippen LogP contribution in [0.1, 0.15) is 30.2 Å². The maximum absolute atomic E-state index is 12.7. The summed E-state index contributed by atoms with van der Waals surface area (Å²) in [6.45, 7) is 1.96. The smallest absolute Gasteiger partial charge is 0.327 e. The van der Waals surface area contributed by atoms with Crippen LogP contribution in [-0.4, -0.2) is 6.04 Å². The molecule has 0 aliphatic heterocycles. The van der Waals surface area contributed by atoms with Crippen molar-refractivity contribution in [1.82, 2.24) is 0 Å². The molecule has 1 unspecified atom stereocenters. The lowest BCUT2D eigenvalue weighted by molar-refractivity contribution is -0.134. The molecule has 1 aromatic heterocycles. The third-order valence-corrected chi connectivity index (χ3v) is 5.19. The van der Waals surface area contributed by atoms with E-state index in [2.05, 4.69) is 0 Å². The predicted molar refractivity (Wildman–Crippen MR) is 71.4 cm³/mol. The first-order valence-corrected chi connectivity index (χ1v) is 7.01. The SMILES string of the molecule is CC(N)C1(c2ccc3sc(C(F)(F)F)cc3c2)CC1. The van der Waals surface area contributed by atoms with Crippen LogP contribution >= 0.6 is 11.3 Å². The second-order valence-electron chi connectivity index (χ2n) is 5.31. The molecule has 0 spiro atoms. The highest BCUT2D eigenvalue weighted by Gasteiger charge is 2.47. The highest BCUT2D eigenvalue weighted by molar-refractivity contribution is 7.19. The van der Waals surface area contributed by atoms with Crippen molar-refractivity contribution in [3.05, 3.63) is 34.7 Å². The first-order valence-electron chi connectivity index (χ1n) is 6.20. The van der Waals surface area contributed by atoms with Gasteiger partial charge in [0.2, 0.25) is 0 Å². The summed E-state index contributed by atoms with van der Waals surface area (Å²) in [7, 11) is 0. The Morgan fingerprint density at radius 2 is 1.95 bits per heavy atom. The van der Waals surface area contributed by atoms with E-state index in [1.165, 1.54) is 6.07 Å². The van der Waals surface area contributed by atoms with Crippen molar-refractivity contribution >= 4 is 21.4 Å². The van der Waals surface area contributed by atoms with Gasteiger partial charge in [-0.2, -0.15) is 13.2 Å². The molecular formula is C14H14F3NS. The van der Waals surface area contributed by atoms with Crippen LogP contribution in [0.5, 0.6) is 0 Å². The molecule has 1 heterocycles. The number of nitrogens with two attached hydrogens (primary N) is 1. The monoisotopic (exact) mass is 285 g/mol. The maximum atomic E-state index is 12.7. The lowest BCUT2D eigenvalue weighted by Crippen LogP contribution is -2.31. The Bertz CT molecular complexity index is 623. The molecule has 1 saturated carbocycles. The van der Waals surface area contributed by atoms with Crippen LogP contribution in [-0.2, 0) is 11.6 Å². The summed E-state index contributed by atoms with van der Waals surface area (Å²) in [5.74, 6) is 0. The summed E-state index contributed by atoms with van der Waals surface area (Å²) >= 11 is 0.796. The zero-order chi connectivity index (χ0) is 13.8. The number of hydrogen-bond acceptors (Lipinski definition) is 2. The minimum Gasteiger partial charge on any atom is -0.327 e. The molecule has 0 radical (unpaired) electrons. The van der Waals surface area contributed by atoms with Gasteiger partial charge in [0.05, 0.1) is 0 Å². The number of halogens is 3. The molecule has 1 aliphatic rings. The molecule has 5 heteroatoms. The molecule has 1 fully saturated rings. The van der Waals surface area contributed by atoms with Gasteiger partial charge in [-0.3, -0.25) is 0 Å². The largest absolute Gasteiger partial charge is 0.425 e. The number of fused-ring (bicyclic) bond motifs is 1. The molecular weight excluding hydrogens is 271 g/mol. The second kappa shape index (κ2) is 3.96. The Labute approximate surface area is 113 Å². The van der Waals surface area contributed by atoms with Gasteiger partial charge < -0.3 is 5.73 Å². The van der Waals surface area contributed by atoms with Gasteiger partial charge in [-0.05, 0) is 48.9 Å². The van der Waals surface area contributed by atoms with Gasteiger partial charge in [-0.1, -0.05) is 6.07 Å². The fraction of sp³-hybridized carbons (Fsp3) is 0.429. The van der Waals surface area contributed by atoms with Crippen LogP contribution in [0.4, 0.5) is 13.2 Å². The molecule has 19 heavy (non-hydrogen) atoms. The van der Waals surface area contributed by atoms with Crippen LogP contribution in [0.2, 0.25) is 0 Å². The van der Waals surface area contributed by atoms with E-state index in [0.29, 0.717) is 10.1 Å². The van der Waals surface area contributed by atoms with Crippen molar-refractivity contribution < 1.29 is 13.2 Å². The van der Waals surface area contributed by atoms with Crippen molar-refractivity contribution in [2.75, 3.05) is 0 Å². The Balaban J connectivity index is 2.07. The number of rotatable bonds is 2. The van der Waals surface area contributed by atoms with Gasteiger partial charge in [-0.25, -0.2) is 0 Å². The van der Waals surface area contributed by atoms with Gasteiger partial charge in [0.15, 0.2) is 0 Å². The van der Waals surface area contributed by atoms with E-state index in [-0.39, 0.29) is 11.5 Å². The summed E-state index contributed by atoms with van der Waals surface area (Å²) in [6, 6.07) is 6.85. The number of alkyl halides is 3. The summed E-state index contributed by atoms with van der Waals surface area (Å²) in [4.78, 5) is -0.537. The van der Waals surface area contributed by atoms with Crippen LogP contribution in [0.3, 0.4) is 0 Å². The lowest BCUT2D eigenvalue weighted by Gasteiger charge is -2.20. The van der Waals surface area contributed by atoms with Crippen LogP contribution in [0.15, 0.2) is 24.3 Å². The first-order chi connectivity index (χ1) is 8.83. The highest BCUT2D eigenvalue weighted by Crippen LogP contribution is 2.51. The third-order valence-electron chi connectivity index (χ3n) is 4.03.